The molecule has 1 aromatic carbocycles. The van der Waals surface area contributed by atoms with Crippen LogP contribution >= 0.6 is 0 Å². The van der Waals surface area contributed by atoms with E-state index in [1.807, 2.05) is 0 Å². The fourth-order valence-corrected chi connectivity index (χ4v) is 2.11. The Morgan fingerprint density at radius 2 is 2.06 bits per heavy atom. The van der Waals surface area contributed by atoms with E-state index in [1.165, 1.54) is 4.90 Å². The van der Waals surface area contributed by atoms with Crippen LogP contribution in [0, 0.1) is 0 Å². The lowest BCUT2D eigenvalue weighted by molar-refractivity contribution is 0.0639. The molecule has 1 N–H and O–H groups in total. The van der Waals surface area contributed by atoms with Crippen LogP contribution in [0.4, 0.5) is 5.69 Å². The van der Waals surface area contributed by atoms with Crippen LogP contribution in [0.1, 0.15) is 27.1 Å². The molecule has 5 heteroatoms. The minimum Gasteiger partial charge on any atom is -0.387 e. The Hall–Kier alpha value is -1.88. The lowest BCUT2D eigenvalue weighted by atomic mass is 10.1. The van der Waals surface area contributed by atoms with Gasteiger partial charge in [0.15, 0.2) is 0 Å². The minimum atomic E-state index is -0.226. The summed E-state index contributed by atoms with van der Waals surface area (Å²) in [5, 5.41) is 2.94. The summed E-state index contributed by atoms with van der Waals surface area (Å²) < 4.78 is 4.93. The van der Waals surface area contributed by atoms with Gasteiger partial charge in [0, 0.05) is 33.0 Å². The number of hydrogen-bond donors (Lipinski definition) is 1. The van der Waals surface area contributed by atoms with Crippen molar-refractivity contribution in [3.05, 3.63) is 29.3 Å². The molecule has 0 radical (unpaired) electrons. The molecule has 1 aromatic rings. The number of nitrogens with zero attached hydrogens (tertiary/aromatic N) is 1. The van der Waals surface area contributed by atoms with E-state index in [0.717, 1.165) is 0 Å². The SMILES string of the molecule is CNc1cccc2c1C(=O)N(CCCOC)C2=O. The Morgan fingerprint density at radius 3 is 2.72 bits per heavy atom. The van der Waals surface area contributed by atoms with E-state index < -0.39 is 0 Å². The van der Waals surface area contributed by atoms with E-state index in [2.05, 4.69) is 5.32 Å². The third-order valence-electron chi connectivity index (χ3n) is 3.00. The van der Waals surface area contributed by atoms with Gasteiger partial charge in [0.05, 0.1) is 11.1 Å². The molecule has 5 nitrogen and oxygen atoms in total. The van der Waals surface area contributed by atoms with Gasteiger partial charge in [-0.25, -0.2) is 0 Å². The van der Waals surface area contributed by atoms with Crippen LogP contribution in [0.25, 0.3) is 0 Å². The lowest BCUT2D eigenvalue weighted by Crippen LogP contribution is -2.31. The fourth-order valence-electron chi connectivity index (χ4n) is 2.11. The molecular formula is C13H16N2O3. The van der Waals surface area contributed by atoms with Gasteiger partial charge in [0.25, 0.3) is 11.8 Å². The van der Waals surface area contributed by atoms with Crippen LogP contribution in [-0.4, -0.2) is 44.0 Å². The monoisotopic (exact) mass is 248 g/mol. The smallest absolute Gasteiger partial charge is 0.263 e. The molecule has 2 amide bonds. The summed E-state index contributed by atoms with van der Waals surface area (Å²) >= 11 is 0. The lowest BCUT2D eigenvalue weighted by Gasteiger charge is -2.13. The van der Waals surface area contributed by atoms with Gasteiger partial charge in [-0.3, -0.25) is 14.5 Å². The second kappa shape index (κ2) is 5.18. The number of carbonyl (C=O) groups is 2. The van der Waals surface area contributed by atoms with E-state index >= 15 is 0 Å². The Bertz CT molecular complexity index is 485. The third-order valence-corrected chi connectivity index (χ3v) is 3.00. The van der Waals surface area contributed by atoms with E-state index in [9.17, 15) is 9.59 Å². The predicted molar refractivity (Wildman–Crippen MR) is 67.8 cm³/mol. The van der Waals surface area contributed by atoms with Gasteiger partial charge in [-0.1, -0.05) is 6.07 Å². The first kappa shape index (κ1) is 12.6. The first-order valence-electron chi connectivity index (χ1n) is 5.86. The van der Waals surface area contributed by atoms with Gasteiger partial charge in [-0.05, 0) is 18.6 Å². The number of ether oxygens (including phenoxy) is 1. The van der Waals surface area contributed by atoms with Crippen molar-refractivity contribution in [1.29, 1.82) is 0 Å². The number of carbonyl (C=O) groups excluding carboxylic acids is 2. The number of fused-ring (bicyclic) bond motifs is 1. The highest BCUT2D eigenvalue weighted by Crippen LogP contribution is 2.29. The van der Waals surface area contributed by atoms with E-state index in [-0.39, 0.29) is 11.8 Å². The minimum absolute atomic E-state index is 0.219. The average Bonchev–Trinajstić information content (AvgIpc) is 2.64. The molecule has 1 aliphatic heterocycles. The van der Waals surface area contributed by atoms with E-state index in [0.29, 0.717) is 36.4 Å². The number of imide groups is 1. The standard InChI is InChI=1S/C13H16N2O3/c1-14-10-6-3-5-9-11(10)13(17)15(12(9)16)7-4-8-18-2/h3,5-6,14H,4,7-8H2,1-2H3. The highest BCUT2D eigenvalue weighted by molar-refractivity contribution is 6.23. The Morgan fingerprint density at radius 1 is 1.28 bits per heavy atom. The van der Waals surface area contributed by atoms with Gasteiger partial charge in [-0.2, -0.15) is 0 Å². The van der Waals surface area contributed by atoms with Crippen LogP contribution in [-0.2, 0) is 4.74 Å². The number of benzene rings is 1. The largest absolute Gasteiger partial charge is 0.387 e. The molecule has 1 aliphatic rings. The maximum Gasteiger partial charge on any atom is 0.263 e. The van der Waals surface area contributed by atoms with E-state index in [4.69, 9.17) is 4.74 Å². The molecule has 0 aliphatic carbocycles. The van der Waals surface area contributed by atoms with Crippen molar-refractivity contribution < 1.29 is 14.3 Å². The normalized spacial score (nSPS) is 14.0. The van der Waals surface area contributed by atoms with Crippen LogP contribution in [0.3, 0.4) is 0 Å². The maximum atomic E-state index is 12.2. The summed E-state index contributed by atoms with van der Waals surface area (Å²) in [4.78, 5) is 25.6. The number of nitrogens with one attached hydrogen (secondary N) is 1. The molecule has 0 unspecified atom stereocenters. The van der Waals surface area contributed by atoms with Gasteiger partial charge >= 0.3 is 0 Å². The summed E-state index contributed by atoms with van der Waals surface area (Å²) in [5.41, 5.74) is 1.65. The van der Waals surface area contributed by atoms with Crippen LogP contribution in [0.15, 0.2) is 18.2 Å². The van der Waals surface area contributed by atoms with Gasteiger partial charge in [0.2, 0.25) is 0 Å². The van der Waals surface area contributed by atoms with Crippen molar-refractivity contribution >= 4 is 17.5 Å². The summed E-state index contributed by atoms with van der Waals surface area (Å²) in [6.07, 6.45) is 0.650. The van der Waals surface area contributed by atoms with Crippen molar-refractivity contribution in [2.75, 3.05) is 32.6 Å². The number of amides is 2. The Kier molecular flexibility index (Phi) is 3.62. The zero-order valence-electron chi connectivity index (χ0n) is 10.5. The van der Waals surface area contributed by atoms with Crippen molar-refractivity contribution in [1.82, 2.24) is 4.90 Å². The fraction of sp³-hybridized carbons (Fsp3) is 0.385. The molecule has 0 saturated carbocycles. The third kappa shape index (κ3) is 1.97. The van der Waals surface area contributed by atoms with Gasteiger partial charge in [0.1, 0.15) is 0 Å². The average molecular weight is 248 g/mol. The van der Waals surface area contributed by atoms with Crippen molar-refractivity contribution in [3.8, 4) is 0 Å². The van der Waals surface area contributed by atoms with Crippen LogP contribution in [0.2, 0.25) is 0 Å². The molecule has 0 aromatic heterocycles. The Balaban J connectivity index is 2.26. The van der Waals surface area contributed by atoms with Gasteiger partial charge < -0.3 is 10.1 Å². The highest BCUT2D eigenvalue weighted by atomic mass is 16.5. The molecule has 0 fully saturated rings. The van der Waals surface area contributed by atoms with Gasteiger partial charge in [-0.15, -0.1) is 0 Å². The topological polar surface area (TPSA) is 58.6 Å². The summed E-state index contributed by atoms with van der Waals surface area (Å²) in [7, 11) is 3.34. The first-order valence-corrected chi connectivity index (χ1v) is 5.86. The Labute approximate surface area is 106 Å². The zero-order valence-corrected chi connectivity index (χ0v) is 10.5. The molecule has 18 heavy (non-hydrogen) atoms. The molecule has 96 valence electrons. The molecular weight excluding hydrogens is 232 g/mol. The summed E-state index contributed by atoms with van der Waals surface area (Å²) in [6, 6.07) is 5.25. The zero-order chi connectivity index (χ0) is 13.1. The molecule has 0 spiro atoms. The summed E-state index contributed by atoms with van der Waals surface area (Å²) in [5.74, 6) is -0.445. The maximum absolute atomic E-state index is 12.2. The van der Waals surface area contributed by atoms with Crippen LogP contribution < -0.4 is 5.32 Å². The number of rotatable bonds is 5. The molecule has 1 heterocycles. The predicted octanol–water partition coefficient (Wildman–Crippen LogP) is 1.36. The molecule has 0 saturated heterocycles. The van der Waals surface area contributed by atoms with Crippen molar-refractivity contribution in [3.63, 3.8) is 0 Å². The highest BCUT2D eigenvalue weighted by Gasteiger charge is 2.36. The van der Waals surface area contributed by atoms with Crippen molar-refractivity contribution in [2.24, 2.45) is 0 Å². The van der Waals surface area contributed by atoms with Crippen LogP contribution in [0.5, 0.6) is 0 Å². The van der Waals surface area contributed by atoms with E-state index in [1.54, 1.807) is 32.4 Å². The second-order valence-corrected chi connectivity index (χ2v) is 4.09. The molecule has 0 bridgehead atoms. The first-order chi connectivity index (χ1) is 8.70. The number of anilines is 1. The van der Waals surface area contributed by atoms with Crippen molar-refractivity contribution in [2.45, 2.75) is 6.42 Å². The number of methoxy groups -OCH3 is 1. The number of hydrogen-bond acceptors (Lipinski definition) is 4. The molecule has 0 atom stereocenters. The second-order valence-electron chi connectivity index (χ2n) is 4.09. The quantitative estimate of drug-likeness (QED) is 0.631. The summed E-state index contributed by atoms with van der Waals surface area (Å²) in [6.45, 7) is 0.926. The molecule has 2 rings (SSSR count).